The molecule has 3 nitrogen and oxygen atoms in total. The van der Waals surface area contributed by atoms with Gasteiger partial charge in [0.15, 0.2) is 0 Å². The van der Waals surface area contributed by atoms with Crippen molar-refractivity contribution < 1.29 is 25.2 Å². The lowest BCUT2D eigenvalue weighted by Gasteiger charge is -2.40. The average molecular weight is 513 g/mol. The molecule has 0 aliphatic rings. The fourth-order valence-corrected chi connectivity index (χ4v) is 9.09. The van der Waals surface area contributed by atoms with Gasteiger partial charge in [0, 0.05) is 14.7 Å². The van der Waals surface area contributed by atoms with E-state index in [0.717, 1.165) is 16.2 Å². The van der Waals surface area contributed by atoms with E-state index in [-0.39, 0.29) is 0 Å². The van der Waals surface area contributed by atoms with Gasteiger partial charge in [0.2, 0.25) is 0 Å². The molecule has 0 saturated heterocycles. The highest BCUT2D eigenvalue weighted by Gasteiger charge is 2.52. The minimum Gasteiger partial charge on any atom is -0.200 e. The van der Waals surface area contributed by atoms with Gasteiger partial charge in [-0.3, -0.25) is 0 Å². The Morgan fingerprint density at radius 1 is 0.543 bits per heavy atom. The number of fused-ring (bicyclic) bond motifs is 3. The molecular formula is C27H19F3O3S2. The first-order valence-corrected chi connectivity index (χ1v) is 13.6. The molecule has 178 valence electrons. The number of hydrogen-bond donors (Lipinski definition) is 0. The molecule has 0 aliphatic heterocycles. The van der Waals surface area contributed by atoms with Crippen LogP contribution in [0.25, 0.3) is 21.5 Å². The fourth-order valence-electron chi connectivity index (χ4n) is 4.16. The van der Waals surface area contributed by atoms with Crippen LogP contribution >= 0.6 is 10.3 Å². The zero-order valence-electron chi connectivity index (χ0n) is 18.1. The van der Waals surface area contributed by atoms with Crippen LogP contribution in [0.2, 0.25) is 0 Å². The standard InChI is InChI=1S/C27H19F3O3S2/c28-27(29,30)35(31,32)33-34(21-11-3-1-4-12-21,22-13-5-2-6-14-22)26-17-9-16-24-23-15-8-7-10-20(23)18-19-25(24)26/h1-19H. The Bertz CT molecular complexity index is 1580. The Labute approximate surface area is 202 Å². The predicted molar refractivity (Wildman–Crippen MR) is 133 cm³/mol. The third kappa shape index (κ3) is 3.97. The molecule has 35 heavy (non-hydrogen) atoms. The van der Waals surface area contributed by atoms with Crippen molar-refractivity contribution in [3.63, 3.8) is 0 Å². The summed E-state index contributed by atoms with van der Waals surface area (Å²) >= 11 is 0. The van der Waals surface area contributed by atoms with Gasteiger partial charge in [-0.25, -0.2) is 0 Å². The van der Waals surface area contributed by atoms with E-state index in [0.29, 0.717) is 20.1 Å². The Kier molecular flexibility index (Phi) is 5.83. The first-order valence-electron chi connectivity index (χ1n) is 10.6. The van der Waals surface area contributed by atoms with Gasteiger partial charge >= 0.3 is 15.6 Å². The number of rotatable bonds is 5. The SMILES string of the molecule is O=S(=O)(OS(c1ccccc1)(c1ccccc1)c1cccc2c1ccc1ccccc12)C(F)(F)F. The number of hydrogen-bond acceptors (Lipinski definition) is 3. The van der Waals surface area contributed by atoms with E-state index in [4.69, 9.17) is 3.63 Å². The first kappa shape index (κ1) is 23.4. The number of benzene rings is 5. The second-order valence-corrected chi connectivity index (χ2v) is 12.2. The van der Waals surface area contributed by atoms with Gasteiger partial charge in [0.1, 0.15) is 0 Å². The van der Waals surface area contributed by atoms with Crippen LogP contribution in [0.1, 0.15) is 0 Å². The molecule has 0 bridgehead atoms. The van der Waals surface area contributed by atoms with Crippen LogP contribution in [-0.4, -0.2) is 13.9 Å². The molecule has 0 amide bonds. The van der Waals surface area contributed by atoms with Crippen molar-refractivity contribution in [3.8, 4) is 0 Å². The molecule has 0 saturated carbocycles. The van der Waals surface area contributed by atoms with Crippen molar-refractivity contribution in [2.75, 3.05) is 0 Å². The van der Waals surface area contributed by atoms with Gasteiger partial charge < -0.3 is 0 Å². The van der Waals surface area contributed by atoms with Crippen LogP contribution in [-0.2, 0) is 13.7 Å². The second-order valence-electron chi connectivity index (χ2n) is 7.79. The van der Waals surface area contributed by atoms with Gasteiger partial charge in [-0.1, -0.05) is 84.9 Å². The zero-order valence-corrected chi connectivity index (χ0v) is 19.8. The van der Waals surface area contributed by atoms with Crippen molar-refractivity contribution in [1.29, 1.82) is 0 Å². The molecule has 0 fully saturated rings. The molecule has 0 unspecified atom stereocenters. The molecular weight excluding hydrogens is 493 g/mol. The fraction of sp³-hybridized carbons (Fsp3) is 0.0370. The van der Waals surface area contributed by atoms with E-state index in [1.807, 2.05) is 42.5 Å². The zero-order chi connectivity index (χ0) is 24.7. The molecule has 0 heterocycles. The summed E-state index contributed by atoms with van der Waals surface area (Å²) in [6.07, 6.45) is 0. The average Bonchev–Trinajstić information content (AvgIpc) is 2.87. The molecule has 5 aromatic carbocycles. The third-order valence-electron chi connectivity index (χ3n) is 5.68. The lowest BCUT2D eigenvalue weighted by molar-refractivity contribution is -0.0496. The van der Waals surface area contributed by atoms with Gasteiger partial charge in [-0.2, -0.15) is 25.2 Å². The third-order valence-corrected chi connectivity index (χ3v) is 10.6. The lowest BCUT2D eigenvalue weighted by Crippen LogP contribution is -2.27. The summed E-state index contributed by atoms with van der Waals surface area (Å²) in [4.78, 5) is 1.03. The molecule has 8 heteroatoms. The topological polar surface area (TPSA) is 43.4 Å². The summed E-state index contributed by atoms with van der Waals surface area (Å²) in [6.45, 7) is 0. The van der Waals surface area contributed by atoms with Crippen molar-refractivity contribution in [2.24, 2.45) is 0 Å². The highest BCUT2D eigenvalue weighted by Crippen LogP contribution is 2.71. The van der Waals surface area contributed by atoms with Crippen molar-refractivity contribution in [1.82, 2.24) is 0 Å². The summed E-state index contributed by atoms with van der Waals surface area (Å²) < 4.78 is 71.8. The van der Waals surface area contributed by atoms with Crippen molar-refractivity contribution in [2.45, 2.75) is 20.2 Å². The minimum atomic E-state index is -5.97. The van der Waals surface area contributed by atoms with Crippen LogP contribution in [0.5, 0.6) is 0 Å². The maximum Gasteiger partial charge on any atom is 0.524 e. The maximum atomic E-state index is 13.7. The Morgan fingerprint density at radius 2 is 1.09 bits per heavy atom. The van der Waals surface area contributed by atoms with Crippen LogP contribution in [0.4, 0.5) is 13.2 Å². The van der Waals surface area contributed by atoms with Crippen LogP contribution < -0.4 is 0 Å². The van der Waals surface area contributed by atoms with Crippen LogP contribution in [0, 0.1) is 0 Å². The molecule has 5 aromatic rings. The quantitative estimate of drug-likeness (QED) is 0.177. The molecule has 0 N–H and O–H groups in total. The second kappa shape index (κ2) is 8.71. The molecule has 0 spiro atoms. The van der Waals surface area contributed by atoms with Crippen LogP contribution in [0.3, 0.4) is 0 Å². The number of alkyl halides is 3. The van der Waals surface area contributed by atoms with E-state index in [1.54, 1.807) is 72.8 Å². The predicted octanol–water partition coefficient (Wildman–Crippen LogP) is 8.06. The van der Waals surface area contributed by atoms with Crippen LogP contribution in [0.15, 0.2) is 130 Å². The van der Waals surface area contributed by atoms with E-state index in [1.165, 1.54) is 0 Å². The summed E-state index contributed by atoms with van der Waals surface area (Å²) in [5.41, 5.74) is -5.59. The Balaban J connectivity index is 1.95. The molecule has 5 rings (SSSR count). The normalized spacial score (nSPS) is 13.2. The number of halogens is 3. The Morgan fingerprint density at radius 3 is 1.69 bits per heavy atom. The summed E-state index contributed by atoms with van der Waals surface area (Å²) in [7, 11) is -9.35. The van der Waals surface area contributed by atoms with Gasteiger partial charge in [-0.15, -0.1) is 0 Å². The first-order chi connectivity index (χ1) is 16.7. The van der Waals surface area contributed by atoms with E-state index in [9.17, 15) is 21.6 Å². The maximum absolute atomic E-state index is 13.7. The minimum absolute atomic E-state index is 0.333. The molecule has 0 aromatic heterocycles. The molecule has 0 radical (unpaired) electrons. The van der Waals surface area contributed by atoms with Gasteiger partial charge in [0.05, 0.1) is 0 Å². The Hall–Kier alpha value is -3.33. The van der Waals surface area contributed by atoms with E-state index >= 15 is 0 Å². The largest absolute Gasteiger partial charge is 0.524 e. The van der Waals surface area contributed by atoms with Gasteiger partial charge in [-0.05, 0) is 62.2 Å². The smallest absolute Gasteiger partial charge is 0.200 e. The van der Waals surface area contributed by atoms with Gasteiger partial charge in [0.25, 0.3) is 0 Å². The molecule has 0 atom stereocenters. The lowest BCUT2D eigenvalue weighted by atomic mass is 10.0. The monoisotopic (exact) mass is 512 g/mol. The summed E-state index contributed by atoms with van der Waals surface area (Å²) in [5, 5.41) is 3.27. The summed E-state index contributed by atoms with van der Waals surface area (Å²) in [6, 6.07) is 33.1. The molecule has 0 aliphatic carbocycles. The van der Waals surface area contributed by atoms with E-state index < -0.39 is 25.9 Å². The van der Waals surface area contributed by atoms with Crippen molar-refractivity contribution in [3.05, 3.63) is 115 Å². The summed E-state index contributed by atoms with van der Waals surface area (Å²) in [5.74, 6) is 0. The highest BCUT2D eigenvalue weighted by molar-refractivity contribution is 8.33. The van der Waals surface area contributed by atoms with E-state index in [2.05, 4.69) is 0 Å². The van der Waals surface area contributed by atoms with Crippen molar-refractivity contribution >= 4 is 42.0 Å². The highest BCUT2D eigenvalue weighted by atomic mass is 32.3.